The number of thiophene rings is 1. The van der Waals surface area contributed by atoms with Gasteiger partial charge in [-0.1, -0.05) is 11.6 Å². The maximum atomic E-state index is 11.9. The topological polar surface area (TPSA) is 38.3 Å². The Labute approximate surface area is 122 Å². The number of amides is 1. The Hall–Kier alpha value is -1.04. The third-order valence-corrected chi connectivity index (χ3v) is 4.33. The Bertz CT molecular complexity index is 585. The zero-order chi connectivity index (χ0) is 13.1. The second kappa shape index (κ2) is 5.73. The summed E-state index contributed by atoms with van der Waals surface area (Å²) in [6, 6.07) is 6.92. The first-order chi connectivity index (χ1) is 8.60. The average Bonchev–Trinajstić information content (AvgIpc) is 2.82. The Balaban J connectivity index is 2.13. The van der Waals surface area contributed by atoms with E-state index in [-0.39, 0.29) is 5.91 Å². The summed E-state index contributed by atoms with van der Waals surface area (Å²) in [5, 5.41) is 5.18. The van der Waals surface area contributed by atoms with Crippen LogP contribution in [0.2, 0.25) is 5.02 Å². The number of carbonyl (C=O) groups excluding carboxylic acids is 1. The van der Waals surface area contributed by atoms with E-state index in [2.05, 4.69) is 21.2 Å². The number of carbonyl (C=O) groups is 1. The maximum Gasteiger partial charge on any atom is 0.265 e. The van der Waals surface area contributed by atoms with Crippen molar-refractivity contribution >= 4 is 50.5 Å². The fourth-order valence-corrected chi connectivity index (χ4v) is 2.56. The van der Waals surface area contributed by atoms with Gasteiger partial charge in [0.1, 0.15) is 5.75 Å². The van der Waals surface area contributed by atoms with Gasteiger partial charge in [0.05, 0.1) is 17.0 Å². The van der Waals surface area contributed by atoms with E-state index in [1.807, 2.05) is 0 Å². The fraction of sp³-hybridized carbons (Fsp3) is 0.0833. The van der Waals surface area contributed by atoms with Crippen LogP contribution >= 0.6 is 38.9 Å². The third-order valence-electron chi connectivity index (χ3n) is 2.21. The maximum absolute atomic E-state index is 11.9. The lowest BCUT2D eigenvalue weighted by Gasteiger charge is -2.04. The van der Waals surface area contributed by atoms with E-state index in [4.69, 9.17) is 16.3 Å². The molecule has 0 aliphatic rings. The predicted molar refractivity (Wildman–Crippen MR) is 78.0 cm³/mol. The molecule has 6 heteroatoms. The van der Waals surface area contributed by atoms with Crippen LogP contribution in [0, 0.1) is 0 Å². The summed E-state index contributed by atoms with van der Waals surface area (Å²) < 4.78 is 5.78. The Morgan fingerprint density at radius 2 is 2.22 bits per heavy atom. The quantitative estimate of drug-likeness (QED) is 0.893. The summed E-state index contributed by atoms with van der Waals surface area (Å²) in [5.74, 6) is 0.514. The summed E-state index contributed by atoms with van der Waals surface area (Å²) in [6.45, 7) is 0. The zero-order valence-electron chi connectivity index (χ0n) is 9.37. The lowest BCUT2D eigenvalue weighted by Crippen LogP contribution is -2.09. The average molecular weight is 347 g/mol. The second-order valence-corrected chi connectivity index (χ2v) is 5.61. The molecule has 0 bridgehead atoms. The summed E-state index contributed by atoms with van der Waals surface area (Å²) in [5.41, 5.74) is 0.684. The number of halogens is 2. The first-order valence-electron chi connectivity index (χ1n) is 4.99. The van der Waals surface area contributed by atoms with Gasteiger partial charge >= 0.3 is 0 Å². The van der Waals surface area contributed by atoms with Crippen LogP contribution in [0.4, 0.5) is 5.69 Å². The molecule has 0 aliphatic carbocycles. The van der Waals surface area contributed by atoms with Crippen molar-refractivity contribution in [3.63, 3.8) is 0 Å². The molecule has 2 aromatic rings. The molecule has 1 heterocycles. The van der Waals surface area contributed by atoms with E-state index in [1.165, 1.54) is 11.3 Å². The van der Waals surface area contributed by atoms with Crippen molar-refractivity contribution in [1.82, 2.24) is 0 Å². The third kappa shape index (κ3) is 3.04. The normalized spacial score (nSPS) is 10.2. The zero-order valence-corrected chi connectivity index (χ0v) is 12.5. The highest BCUT2D eigenvalue weighted by Crippen LogP contribution is 2.27. The SMILES string of the molecule is COc1csc(C(=O)Nc2ccc(Cl)c(Br)c2)c1. The predicted octanol–water partition coefficient (Wildman–Crippen LogP) is 4.42. The highest BCUT2D eigenvalue weighted by atomic mass is 79.9. The van der Waals surface area contributed by atoms with Crippen LogP contribution in [-0.2, 0) is 0 Å². The van der Waals surface area contributed by atoms with Gasteiger partial charge in [-0.2, -0.15) is 0 Å². The number of rotatable bonds is 3. The molecule has 0 radical (unpaired) electrons. The highest BCUT2D eigenvalue weighted by molar-refractivity contribution is 9.10. The van der Waals surface area contributed by atoms with E-state index < -0.39 is 0 Å². The van der Waals surface area contributed by atoms with Gasteiger partial charge in [-0.3, -0.25) is 4.79 Å². The molecule has 1 aromatic heterocycles. The summed E-state index contributed by atoms with van der Waals surface area (Å²) in [7, 11) is 1.57. The van der Waals surface area contributed by atoms with Crippen LogP contribution < -0.4 is 10.1 Å². The van der Waals surface area contributed by atoms with Crippen molar-refractivity contribution in [3.8, 4) is 5.75 Å². The van der Waals surface area contributed by atoms with Crippen LogP contribution in [0.25, 0.3) is 0 Å². The molecular weight excluding hydrogens is 338 g/mol. The number of anilines is 1. The van der Waals surface area contributed by atoms with E-state index >= 15 is 0 Å². The number of hydrogen-bond donors (Lipinski definition) is 1. The second-order valence-electron chi connectivity index (χ2n) is 3.43. The number of ether oxygens (including phenoxy) is 1. The smallest absolute Gasteiger partial charge is 0.265 e. The van der Waals surface area contributed by atoms with Crippen LogP contribution in [0.15, 0.2) is 34.1 Å². The number of nitrogens with one attached hydrogen (secondary N) is 1. The molecule has 1 N–H and O–H groups in total. The van der Waals surface area contributed by atoms with Gasteiger partial charge in [0, 0.05) is 21.6 Å². The van der Waals surface area contributed by atoms with Crippen molar-refractivity contribution in [1.29, 1.82) is 0 Å². The molecule has 3 nitrogen and oxygen atoms in total. The van der Waals surface area contributed by atoms with E-state index in [9.17, 15) is 4.79 Å². The van der Waals surface area contributed by atoms with Gasteiger partial charge in [-0.15, -0.1) is 11.3 Å². The monoisotopic (exact) mass is 345 g/mol. The van der Waals surface area contributed by atoms with E-state index in [0.29, 0.717) is 21.3 Å². The van der Waals surface area contributed by atoms with Gasteiger partial charge in [0.2, 0.25) is 0 Å². The van der Waals surface area contributed by atoms with Crippen molar-refractivity contribution in [3.05, 3.63) is 44.0 Å². The summed E-state index contributed by atoms with van der Waals surface area (Å²) in [4.78, 5) is 12.5. The largest absolute Gasteiger partial charge is 0.496 e. The molecule has 0 saturated carbocycles. The van der Waals surface area contributed by atoms with Gasteiger partial charge in [0.15, 0.2) is 0 Å². The lowest BCUT2D eigenvalue weighted by molar-refractivity contribution is 0.103. The molecule has 1 amide bonds. The molecule has 0 atom stereocenters. The molecular formula is C12H9BrClNO2S. The fourth-order valence-electron chi connectivity index (χ4n) is 1.31. The first kappa shape index (κ1) is 13.4. The van der Waals surface area contributed by atoms with Gasteiger partial charge in [0.25, 0.3) is 5.91 Å². The molecule has 0 spiro atoms. The Kier molecular flexibility index (Phi) is 4.27. The van der Waals surface area contributed by atoms with Crippen LogP contribution in [0.3, 0.4) is 0 Å². The van der Waals surface area contributed by atoms with Crippen molar-refractivity contribution in [2.24, 2.45) is 0 Å². The number of benzene rings is 1. The van der Waals surface area contributed by atoms with Crippen LogP contribution in [-0.4, -0.2) is 13.0 Å². The minimum absolute atomic E-state index is 0.169. The molecule has 0 fully saturated rings. The van der Waals surface area contributed by atoms with Crippen molar-refractivity contribution < 1.29 is 9.53 Å². The van der Waals surface area contributed by atoms with Crippen molar-refractivity contribution in [2.45, 2.75) is 0 Å². The summed E-state index contributed by atoms with van der Waals surface area (Å²) >= 11 is 10.5. The molecule has 0 unspecified atom stereocenters. The lowest BCUT2D eigenvalue weighted by atomic mass is 10.3. The summed E-state index contributed by atoms with van der Waals surface area (Å²) in [6.07, 6.45) is 0. The van der Waals surface area contributed by atoms with Gasteiger partial charge < -0.3 is 10.1 Å². The van der Waals surface area contributed by atoms with Gasteiger partial charge in [-0.25, -0.2) is 0 Å². The Morgan fingerprint density at radius 1 is 1.44 bits per heavy atom. The Morgan fingerprint density at radius 3 is 2.83 bits per heavy atom. The molecule has 94 valence electrons. The van der Waals surface area contributed by atoms with Crippen molar-refractivity contribution in [2.75, 3.05) is 12.4 Å². The molecule has 1 aromatic carbocycles. The standard InChI is InChI=1S/C12H9BrClNO2S/c1-17-8-5-11(18-6-8)12(16)15-7-2-3-10(14)9(13)4-7/h2-6H,1H3,(H,15,16). The van der Waals surface area contributed by atoms with Gasteiger partial charge in [-0.05, 0) is 34.1 Å². The molecule has 0 aliphatic heterocycles. The molecule has 18 heavy (non-hydrogen) atoms. The highest BCUT2D eigenvalue weighted by Gasteiger charge is 2.10. The van der Waals surface area contributed by atoms with Crippen LogP contribution in [0.1, 0.15) is 9.67 Å². The molecule has 0 saturated heterocycles. The van der Waals surface area contributed by atoms with E-state index in [0.717, 1.165) is 4.47 Å². The first-order valence-corrected chi connectivity index (χ1v) is 7.04. The number of methoxy groups -OCH3 is 1. The van der Waals surface area contributed by atoms with Crippen LogP contribution in [0.5, 0.6) is 5.75 Å². The molecule has 2 rings (SSSR count). The minimum atomic E-state index is -0.169. The number of hydrogen-bond acceptors (Lipinski definition) is 3. The minimum Gasteiger partial charge on any atom is -0.496 e. The van der Waals surface area contributed by atoms with E-state index in [1.54, 1.807) is 36.8 Å².